The maximum absolute atomic E-state index is 11.3. The molecule has 2 amide bonds. The highest BCUT2D eigenvalue weighted by Crippen LogP contribution is 2.44. The van der Waals surface area contributed by atoms with Crippen LogP contribution in [0.15, 0.2) is 12.2 Å². The molecule has 3 aliphatic heterocycles. The summed E-state index contributed by atoms with van der Waals surface area (Å²) in [5.41, 5.74) is 0. The fraction of sp³-hybridized carbons (Fsp3) is 0.500. The average Bonchev–Trinajstić information content (AvgIpc) is 2.76. The van der Waals surface area contributed by atoms with E-state index in [9.17, 15) is 9.59 Å². The zero-order chi connectivity index (χ0) is 9.16. The number of nitrogens with zero attached hydrogens (tertiary/aromatic N) is 1. The van der Waals surface area contributed by atoms with Crippen molar-refractivity contribution in [2.75, 3.05) is 0 Å². The number of hydrogen-bond donors (Lipinski definition) is 1. The molecule has 0 aromatic rings. The average molecular weight is 181 g/mol. The quantitative estimate of drug-likeness (QED) is 0.305. The topological polar surface area (TPSA) is 66.8 Å². The van der Waals surface area contributed by atoms with Crippen molar-refractivity contribution in [3.8, 4) is 0 Å². The van der Waals surface area contributed by atoms with Crippen LogP contribution in [0.4, 0.5) is 0 Å². The lowest BCUT2D eigenvalue weighted by atomic mass is 9.85. The second-order valence-electron chi connectivity index (χ2n) is 3.49. The van der Waals surface area contributed by atoms with Gasteiger partial charge in [-0.25, -0.2) is 0 Å². The van der Waals surface area contributed by atoms with Crippen LogP contribution in [0.1, 0.15) is 0 Å². The molecule has 2 saturated heterocycles. The number of rotatable bonds is 0. The summed E-state index contributed by atoms with van der Waals surface area (Å²) in [7, 11) is 0. The summed E-state index contributed by atoms with van der Waals surface area (Å²) in [5, 5.41) is 9.31. The largest absolute Gasteiger partial charge is 0.365 e. The zero-order valence-corrected chi connectivity index (χ0v) is 6.58. The Labute approximate surface area is 73.5 Å². The molecule has 4 atom stereocenters. The van der Waals surface area contributed by atoms with E-state index in [4.69, 9.17) is 9.94 Å². The van der Waals surface area contributed by atoms with Crippen molar-refractivity contribution in [2.45, 2.75) is 12.2 Å². The van der Waals surface area contributed by atoms with E-state index >= 15 is 0 Å². The smallest absolute Gasteiger partial charge is 0.260 e. The van der Waals surface area contributed by atoms with Gasteiger partial charge in [-0.2, -0.15) is 5.06 Å². The summed E-state index contributed by atoms with van der Waals surface area (Å²) in [6, 6.07) is 0. The second kappa shape index (κ2) is 2.00. The van der Waals surface area contributed by atoms with E-state index < -0.39 is 23.7 Å². The van der Waals surface area contributed by atoms with Crippen molar-refractivity contribution in [3.63, 3.8) is 0 Å². The Morgan fingerprint density at radius 1 is 1.15 bits per heavy atom. The summed E-state index contributed by atoms with van der Waals surface area (Å²) < 4.78 is 5.34. The van der Waals surface area contributed by atoms with Gasteiger partial charge < -0.3 is 4.74 Å². The molecule has 0 unspecified atom stereocenters. The number of amides is 2. The van der Waals surface area contributed by atoms with Crippen molar-refractivity contribution in [1.82, 2.24) is 5.06 Å². The van der Waals surface area contributed by atoms with Gasteiger partial charge in [0.1, 0.15) is 0 Å². The van der Waals surface area contributed by atoms with E-state index in [-0.39, 0.29) is 17.3 Å². The molecule has 0 saturated carbocycles. The van der Waals surface area contributed by atoms with E-state index in [1.165, 1.54) is 0 Å². The molecule has 0 spiro atoms. The van der Waals surface area contributed by atoms with Gasteiger partial charge >= 0.3 is 0 Å². The Balaban J connectivity index is 2.08. The summed E-state index contributed by atoms with van der Waals surface area (Å²) in [4.78, 5) is 22.7. The van der Waals surface area contributed by atoms with Crippen LogP contribution in [0.2, 0.25) is 0 Å². The van der Waals surface area contributed by atoms with Gasteiger partial charge in [-0.05, 0) is 0 Å². The lowest BCUT2D eigenvalue weighted by Gasteiger charge is -2.09. The molecule has 3 heterocycles. The van der Waals surface area contributed by atoms with Gasteiger partial charge in [0.15, 0.2) is 0 Å². The first-order valence-corrected chi connectivity index (χ1v) is 4.10. The van der Waals surface area contributed by atoms with Crippen LogP contribution in [0.3, 0.4) is 0 Å². The zero-order valence-electron chi connectivity index (χ0n) is 6.58. The molecular formula is C8H7NO4. The predicted molar refractivity (Wildman–Crippen MR) is 38.4 cm³/mol. The van der Waals surface area contributed by atoms with Crippen LogP contribution >= 0.6 is 0 Å². The summed E-state index contributed by atoms with van der Waals surface area (Å²) in [6.07, 6.45) is 2.92. The van der Waals surface area contributed by atoms with Crippen LogP contribution in [0.5, 0.6) is 0 Å². The van der Waals surface area contributed by atoms with Gasteiger partial charge in [-0.3, -0.25) is 14.8 Å². The number of ether oxygens (including phenoxy) is 1. The number of imide groups is 1. The highest BCUT2D eigenvalue weighted by atomic mass is 16.5. The van der Waals surface area contributed by atoms with E-state index in [2.05, 4.69) is 0 Å². The van der Waals surface area contributed by atoms with Gasteiger partial charge in [0.2, 0.25) is 0 Å². The molecule has 5 heteroatoms. The van der Waals surface area contributed by atoms with Crippen molar-refractivity contribution in [2.24, 2.45) is 11.8 Å². The molecule has 0 radical (unpaired) electrons. The standard InChI is InChI=1S/C8H7NO4/c10-7-5-3-1-2-4(13-3)6(5)8(11)9(7)12/h1-6,12H/t3-,4-,5-,6+/m1/s1. The number of carbonyl (C=O) groups excluding carboxylic acids is 2. The van der Waals surface area contributed by atoms with Crippen LogP contribution in [0.25, 0.3) is 0 Å². The first kappa shape index (κ1) is 7.23. The molecule has 0 aromatic carbocycles. The van der Waals surface area contributed by atoms with Gasteiger partial charge in [0, 0.05) is 0 Å². The monoisotopic (exact) mass is 181 g/mol. The third-order valence-corrected chi connectivity index (χ3v) is 2.89. The Morgan fingerprint density at radius 2 is 1.62 bits per heavy atom. The fourth-order valence-corrected chi connectivity index (χ4v) is 2.29. The van der Waals surface area contributed by atoms with E-state index in [1.54, 1.807) is 12.2 Å². The molecule has 5 nitrogen and oxygen atoms in total. The minimum absolute atomic E-state index is 0.227. The first-order valence-electron chi connectivity index (χ1n) is 4.10. The van der Waals surface area contributed by atoms with Crippen LogP contribution in [-0.2, 0) is 14.3 Å². The van der Waals surface area contributed by atoms with E-state index in [1.807, 2.05) is 0 Å². The first-order chi connectivity index (χ1) is 6.20. The Morgan fingerprint density at radius 3 is 2.08 bits per heavy atom. The SMILES string of the molecule is O=C1[C@@H]2[C@H](C(=O)N1O)[C@H]1C=C[C@H]2O1. The molecule has 2 bridgehead atoms. The number of carbonyl (C=O) groups is 2. The normalized spacial score (nSPS) is 46.4. The number of fused-ring (bicyclic) bond motifs is 5. The third-order valence-electron chi connectivity index (χ3n) is 2.89. The summed E-state index contributed by atoms with van der Waals surface area (Å²) in [5.74, 6) is -2.06. The lowest BCUT2D eigenvalue weighted by molar-refractivity contribution is -0.175. The number of hydrogen-bond acceptors (Lipinski definition) is 4. The highest BCUT2D eigenvalue weighted by molar-refractivity contribution is 6.05. The number of hydroxylamine groups is 2. The van der Waals surface area contributed by atoms with Crippen molar-refractivity contribution >= 4 is 11.8 Å². The highest BCUT2D eigenvalue weighted by Gasteiger charge is 2.60. The summed E-state index contributed by atoms with van der Waals surface area (Å²) in [6.45, 7) is 0. The van der Waals surface area contributed by atoms with Crippen molar-refractivity contribution in [3.05, 3.63) is 12.2 Å². The molecule has 0 aromatic heterocycles. The van der Waals surface area contributed by atoms with Gasteiger partial charge in [0.05, 0.1) is 24.0 Å². The Kier molecular flexibility index (Phi) is 1.11. The molecule has 3 rings (SSSR count). The maximum atomic E-state index is 11.3. The molecule has 3 aliphatic rings. The summed E-state index contributed by atoms with van der Waals surface area (Å²) >= 11 is 0. The molecule has 1 N–H and O–H groups in total. The molecule has 13 heavy (non-hydrogen) atoms. The van der Waals surface area contributed by atoms with Gasteiger partial charge in [-0.1, -0.05) is 12.2 Å². The second-order valence-corrected chi connectivity index (χ2v) is 3.49. The molecular weight excluding hydrogens is 174 g/mol. The van der Waals surface area contributed by atoms with Crippen LogP contribution in [0, 0.1) is 11.8 Å². The van der Waals surface area contributed by atoms with Gasteiger partial charge in [0.25, 0.3) is 11.8 Å². The Hall–Kier alpha value is -1.20. The van der Waals surface area contributed by atoms with E-state index in [0.29, 0.717) is 0 Å². The van der Waals surface area contributed by atoms with Crippen LogP contribution < -0.4 is 0 Å². The molecule has 0 aliphatic carbocycles. The fourth-order valence-electron chi connectivity index (χ4n) is 2.29. The van der Waals surface area contributed by atoms with Crippen molar-refractivity contribution in [1.29, 1.82) is 0 Å². The minimum atomic E-state index is -0.535. The third kappa shape index (κ3) is 0.653. The van der Waals surface area contributed by atoms with Crippen molar-refractivity contribution < 1.29 is 19.5 Å². The Bertz CT molecular complexity index is 307. The van der Waals surface area contributed by atoms with E-state index in [0.717, 1.165) is 0 Å². The predicted octanol–water partition coefficient (Wildman–Crippen LogP) is -0.686. The minimum Gasteiger partial charge on any atom is -0.365 e. The molecule has 68 valence electrons. The van der Waals surface area contributed by atoms with Crippen LogP contribution in [-0.4, -0.2) is 34.3 Å². The molecule has 2 fully saturated rings. The maximum Gasteiger partial charge on any atom is 0.260 e. The van der Waals surface area contributed by atoms with Gasteiger partial charge in [-0.15, -0.1) is 0 Å². The lowest BCUT2D eigenvalue weighted by Crippen LogP contribution is -2.31.